The van der Waals surface area contributed by atoms with Gasteiger partial charge in [0, 0.05) is 26.2 Å². The van der Waals surface area contributed by atoms with Crippen molar-refractivity contribution in [2.75, 3.05) is 39.4 Å². The fourth-order valence-corrected chi connectivity index (χ4v) is 2.16. The van der Waals surface area contributed by atoms with Crippen LogP contribution in [0.4, 0.5) is 4.79 Å². The number of urea groups is 1. The topological polar surface area (TPSA) is 32.8 Å². The average molecular weight is 242 g/mol. The summed E-state index contributed by atoms with van der Waals surface area (Å²) < 4.78 is 5.27. The molecule has 0 aromatic heterocycles. The van der Waals surface area contributed by atoms with Crippen LogP contribution in [0.1, 0.15) is 33.6 Å². The van der Waals surface area contributed by atoms with Crippen molar-refractivity contribution in [3.8, 4) is 0 Å². The molecule has 0 aromatic carbocycles. The van der Waals surface area contributed by atoms with Crippen LogP contribution in [-0.2, 0) is 4.74 Å². The van der Waals surface area contributed by atoms with E-state index < -0.39 is 0 Å². The molecule has 1 heterocycles. The molecule has 0 N–H and O–H groups in total. The largest absolute Gasteiger partial charge is 0.378 e. The molecule has 17 heavy (non-hydrogen) atoms. The molecule has 1 aliphatic rings. The van der Waals surface area contributed by atoms with E-state index in [1.165, 1.54) is 0 Å². The first-order chi connectivity index (χ1) is 8.22. The van der Waals surface area contributed by atoms with E-state index in [2.05, 4.69) is 20.8 Å². The summed E-state index contributed by atoms with van der Waals surface area (Å²) in [5.41, 5.74) is 0. The Hall–Kier alpha value is -0.770. The fourth-order valence-electron chi connectivity index (χ4n) is 2.16. The maximum Gasteiger partial charge on any atom is 0.320 e. The molecule has 0 aliphatic carbocycles. The highest BCUT2D eigenvalue weighted by Gasteiger charge is 2.23. The molecule has 0 saturated carbocycles. The average Bonchev–Trinajstić information content (AvgIpc) is 2.40. The second-order valence-corrected chi connectivity index (χ2v) is 4.60. The minimum absolute atomic E-state index is 0.183. The van der Waals surface area contributed by atoms with Crippen molar-refractivity contribution < 1.29 is 9.53 Å². The number of nitrogens with zero attached hydrogens (tertiary/aromatic N) is 2. The molecule has 100 valence electrons. The van der Waals surface area contributed by atoms with Crippen LogP contribution < -0.4 is 0 Å². The molecule has 1 saturated heterocycles. The Labute approximate surface area is 105 Å². The number of hydrogen-bond donors (Lipinski definition) is 0. The molecular weight excluding hydrogens is 216 g/mol. The molecule has 4 nitrogen and oxygen atoms in total. The quantitative estimate of drug-likeness (QED) is 0.740. The van der Waals surface area contributed by atoms with E-state index in [1.807, 2.05) is 9.80 Å². The third-order valence-corrected chi connectivity index (χ3v) is 3.57. The first-order valence-electron chi connectivity index (χ1n) is 6.84. The van der Waals surface area contributed by atoms with Crippen LogP contribution >= 0.6 is 0 Å². The van der Waals surface area contributed by atoms with Crippen molar-refractivity contribution in [2.45, 2.75) is 33.6 Å². The first kappa shape index (κ1) is 14.3. The van der Waals surface area contributed by atoms with E-state index >= 15 is 0 Å². The van der Waals surface area contributed by atoms with E-state index in [9.17, 15) is 4.79 Å². The van der Waals surface area contributed by atoms with Crippen LogP contribution in [0, 0.1) is 5.92 Å². The smallest absolute Gasteiger partial charge is 0.320 e. The Morgan fingerprint density at radius 3 is 2.29 bits per heavy atom. The molecule has 1 aliphatic heterocycles. The minimum atomic E-state index is 0.183. The van der Waals surface area contributed by atoms with Gasteiger partial charge in [-0.15, -0.1) is 0 Å². The molecule has 0 aromatic rings. The first-order valence-corrected chi connectivity index (χ1v) is 6.84. The number of carbonyl (C=O) groups excluding carboxylic acids is 1. The third-order valence-electron chi connectivity index (χ3n) is 3.57. The molecule has 2 amide bonds. The van der Waals surface area contributed by atoms with Gasteiger partial charge in [-0.1, -0.05) is 26.7 Å². The van der Waals surface area contributed by atoms with Gasteiger partial charge in [-0.25, -0.2) is 4.79 Å². The summed E-state index contributed by atoms with van der Waals surface area (Å²) in [6, 6.07) is 0.183. The normalized spacial score (nSPS) is 16.4. The Morgan fingerprint density at radius 1 is 1.24 bits per heavy atom. The zero-order valence-electron chi connectivity index (χ0n) is 11.4. The van der Waals surface area contributed by atoms with E-state index in [0.717, 1.165) is 39.0 Å². The summed E-state index contributed by atoms with van der Waals surface area (Å²) in [4.78, 5) is 16.2. The Morgan fingerprint density at radius 2 is 1.82 bits per heavy atom. The molecule has 4 heteroatoms. The van der Waals surface area contributed by atoms with Crippen LogP contribution in [0.25, 0.3) is 0 Å². The van der Waals surface area contributed by atoms with Gasteiger partial charge in [0.25, 0.3) is 0 Å². The maximum absolute atomic E-state index is 12.3. The highest BCUT2D eigenvalue weighted by atomic mass is 16.5. The molecule has 0 atom stereocenters. The van der Waals surface area contributed by atoms with Crippen LogP contribution in [-0.4, -0.2) is 55.2 Å². The summed E-state index contributed by atoms with van der Waals surface area (Å²) in [5.74, 6) is 0.625. The third kappa shape index (κ3) is 4.19. The highest BCUT2D eigenvalue weighted by Crippen LogP contribution is 2.12. The summed E-state index contributed by atoms with van der Waals surface area (Å²) in [5, 5.41) is 0. The van der Waals surface area contributed by atoms with Crippen molar-refractivity contribution >= 4 is 6.03 Å². The fraction of sp³-hybridized carbons (Fsp3) is 0.923. The van der Waals surface area contributed by atoms with Gasteiger partial charge in [0.05, 0.1) is 13.2 Å². The Kier molecular flexibility index (Phi) is 6.34. The molecule has 0 bridgehead atoms. The van der Waals surface area contributed by atoms with Crippen LogP contribution in [0.15, 0.2) is 0 Å². The Balaban J connectivity index is 2.50. The molecule has 0 radical (unpaired) electrons. The summed E-state index contributed by atoms with van der Waals surface area (Å²) in [6.45, 7) is 11.0. The molecule has 0 unspecified atom stereocenters. The van der Waals surface area contributed by atoms with Crippen molar-refractivity contribution in [2.24, 2.45) is 5.92 Å². The summed E-state index contributed by atoms with van der Waals surface area (Å²) >= 11 is 0. The van der Waals surface area contributed by atoms with Gasteiger partial charge in [-0.3, -0.25) is 0 Å². The highest BCUT2D eigenvalue weighted by molar-refractivity contribution is 5.74. The van der Waals surface area contributed by atoms with Crippen LogP contribution in [0.2, 0.25) is 0 Å². The van der Waals surface area contributed by atoms with Crippen molar-refractivity contribution in [3.63, 3.8) is 0 Å². The number of ether oxygens (including phenoxy) is 1. The zero-order valence-corrected chi connectivity index (χ0v) is 11.4. The van der Waals surface area contributed by atoms with Gasteiger partial charge in [0.15, 0.2) is 0 Å². The summed E-state index contributed by atoms with van der Waals surface area (Å²) in [7, 11) is 0. The summed E-state index contributed by atoms with van der Waals surface area (Å²) in [6.07, 6.45) is 2.28. The van der Waals surface area contributed by atoms with E-state index in [1.54, 1.807) is 0 Å². The second-order valence-electron chi connectivity index (χ2n) is 4.60. The number of amides is 2. The lowest BCUT2D eigenvalue weighted by atomic mass is 10.0. The second kappa shape index (κ2) is 7.54. The lowest BCUT2D eigenvalue weighted by molar-refractivity contribution is 0.0423. The van der Waals surface area contributed by atoms with Crippen LogP contribution in [0.5, 0.6) is 0 Å². The van der Waals surface area contributed by atoms with Gasteiger partial charge < -0.3 is 14.5 Å². The zero-order chi connectivity index (χ0) is 12.7. The SMILES string of the molecule is CCC(CC)CN(CC)C(=O)N1CCOCC1. The number of rotatable bonds is 5. The van der Waals surface area contributed by atoms with E-state index in [0.29, 0.717) is 19.1 Å². The molecular formula is C13H26N2O2. The van der Waals surface area contributed by atoms with Crippen molar-refractivity contribution in [1.29, 1.82) is 0 Å². The number of morpholine rings is 1. The van der Waals surface area contributed by atoms with Gasteiger partial charge in [0.2, 0.25) is 0 Å². The van der Waals surface area contributed by atoms with Crippen molar-refractivity contribution in [1.82, 2.24) is 9.80 Å². The number of hydrogen-bond acceptors (Lipinski definition) is 2. The molecule has 1 rings (SSSR count). The van der Waals surface area contributed by atoms with E-state index in [-0.39, 0.29) is 6.03 Å². The predicted molar refractivity (Wildman–Crippen MR) is 69.1 cm³/mol. The van der Waals surface area contributed by atoms with Gasteiger partial charge in [-0.2, -0.15) is 0 Å². The monoisotopic (exact) mass is 242 g/mol. The van der Waals surface area contributed by atoms with E-state index in [4.69, 9.17) is 4.74 Å². The van der Waals surface area contributed by atoms with Gasteiger partial charge in [0.1, 0.15) is 0 Å². The Bertz CT molecular complexity index is 223. The van der Waals surface area contributed by atoms with Crippen molar-refractivity contribution in [3.05, 3.63) is 0 Å². The van der Waals surface area contributed by atoms with Gasteiger partial charge in [-0.05, 0) is 12.8 Å². The molecule has 1 fully saturated rings. The maximum atomic E-state index is 12.3. The molecule has 0 spiro atoms. The van der Waals surface area contributed by atoms with Crippen LogP contribution in [0.3, 0.4) is 0 Å². The van der Waals surface area contributed by atoms with Gasteiger partial charge >= 0.3 is 6.03 Å². The lowest BCUT2D eigenvalue weighted by Crippen LogP contribution is -2.49. The predicted octanol–water partition coefficient (Wildman–Crippen LogP) is 2.20. The standard InChI is InChI=1S/C13H26N2O2/c1-4-12(5-2)11-14(6-3)13(16)15-7-9-17-10-8-15/h12H,4-11H2,1-3H3. The lowest BCUT2D eigenvalue weighted by Gasteiger charge is -2.34. The number of carbonyl (C=O) groups is 1. The minimum Gasteiger partial charge on any atom is -0.378 e.